The van der Waals surface area contributed by atoms with Crippen LogP contribution < -0.4 is 0 Å². The van der Waals surface area contributed by atoms with E-state index in [0.717, 1.165) is 4.47 Å². The summed E-state index contributed by atoms with van der Waals surface area (Å²) in [6, 6.07) is 8.39. The zero-order chi connectivity index (χ0) is 14.1. The van der Waals surface area contributed by atoms with E-state index in [1.165, 1.54) is 6.07 Å². The summed E-state index contributed by atoms with van der Waals surface area (Å²) in [5, 5.41) is 17.2. The number of hydrogen-bond acceptors (Lipinski definition) is 4. The molecular formula is C13H8BrClN4O. The van der Waals surface area contributed by atoms with Crippen molar-refractivity contribution in [2.24, 2.45) is 0 Å². The van der Waals surface area contributed by atoms with Gasteiger partial charge in [-0.2, -0.15) is 5.10 Å². The molecule has 2 aromatic heterocycles. The number of aromatic nitrogens is 4. The van der Waals surface area contributed by atoms with Gasteiger partial charge in [0.25, 0.3) is 0 Å². The molecule has 0 radical (unpaired) electrons. The number of H-pyrrole nitrogens is 1. The van der Waals surface area contributed by atoms with Gasteiger partial charge in [0.1, 0.15) is 11.4 Å². The van der Waals surface area contributed by atoms with Crippen LogP contribution >= 0.6 is 27.5 Å². The number of nitrogens with zero attached hydrogens (tertiary/aromatic N) is 3. The quantitative estimate of drug-likeness (QED) is 0.739. The zero-order valence-electron chi connectivity index (χ0n) is 10.0. The van der Waals surface area contributed by atoms with Crippen molar-refractivity contribution < 1.29 is 5.11 Å². The molecule has 0 aliphatic carbocycles. The Kier molecular flexibility index (Phi) is 3.42. The number of phenolic OH excluding ortho intramolecular Hbond substituents is 1. The van der Waals surface area contributed by atoms with E-state index in [4.69, 9.17) is 11.6 Å². The van der Waals surface area contributed by atoms with Crippen molar-refractivity contribution in [2.75, 3.05) is 0 Å². The first-order valence-electron chi connectivity index (χ1n) is 5.67. The number of aromatic hydroxyl groups is 1. The summed E-state index contributed by atoms with van der Waals surface area (Å²) < 4.78 is 0.804. The third-order valence-corrected chi connectivity index (χ3v) is 3.54. The van der Waals surface area contributed by atoms with E-state index in [1.54, 1.807) is 18.3 Å². The molecule has 0 aliphatic heterocycles. The van der Waals surface area contributed by atoms with E-state index >= 15 is 0 Å². The number of rotatable bonds is 2. The number of halogens is 2. The Morgan fingerprint density at radius 1 is 1.25 bits per heavy atom. The van der Waals surface area contributed by atoms with Gasteiger partial charge < -0.3 is 5.11 Å². The Morgan fingerprint density at radius 2 is 2.10 bits per heavy atom. The topological polar surface area (TPSA) is 74.7 Å². The van der Waals surface area contributed by atoms with Crippen molar-refractivity contribution >= 4 is 27.5 Å². The van der Waals surface area contributed by atoms with Crippen molar-refractivity contribution in [1.29, 1.82) is 0 Å². The van der Waals surface area contributed by atoms with Gasteiger partial charge in [-0.05, 0) is 46.3 Å². The molecule has 0 amide bonds. The van der Waals surface area contributed by atoms with Crippen LogP contribution in [0.1, 0.15) is 0 Å². The molecule has 0 atom stereocenters. The summed E-state index contributed by atoms with van der Waals surface area (Å²) in [5.41, 5.74) is 1.11. The highest BCUT2D eigenvalue weighted by Crippen LogP contribution is 2.31. The van der Waals surface area contributed by atoms with Crippen LogP contribution in [0.4, 0.5) is 0 Å². The summed E-state index contributed by atoms with van der Waals surface area (Å²) >= 11 is 9.32. The maximum Gasteiger partial charge on any atom is 0.185 e. The predicted molar refractivity (Wildman–Crippen MR) is 79.4 cm³/mol. The van der Waals surface area contributed by atoms with Crippen LogP contribution in [-0.2, 0) is 0 Å². The van der Waals surface area contributed by atoms with Gasteiger partial charge in [-0.15, -0.1) is 0 Å². The molecule has 0 spiro atoms. The second-order valence-corrected chi connectivity index (χ2v) is 5.29. The molecule has 100 valence electrons. The maximum atomic E-state index is 9.85. The van der Waals surface area contributed by atoms with Crippen molar-refractivity contribution in [3.63, 3.8) is 0 Å². The normalized spacial score (nSPS) is 10.7. The smallest absolute Gasteiger partial charge is 0.185 e. The standard InChI is InChI=1S/C13H8BrClN4O/c14-9-2-1-5-16-11(9)13-17-12(18-19-13)8-6-7(15)3-4-10(8)20/h1-6,20H,(H,17,18,19). The second-order valence-electron chi connectivity index (χ2n) is 4.00. The lowest BCUT2D eigenvalue weighted by Crippen LogP contribution is -1.87. The number of hydrogen-bond donors (Lipinski definition) is 2. The highest BCUT2D eigenvalue weighted by molar-refractivity contribution is 9.10. The molecular weight excluding hydrogens is 344 g/mol. The first-order valence-corrected chi connectivity index (χ1v) is 6.84. The first kappa shape index (κ1) is 13.1. The molecule has 3 aromatic rings. The Bertz CT molecular complexity index is 775. The molecule has 0 unspecified atom stereocenters. The van der Waals surface area contributed by atoms with Gasteiger partial charge in [0.2, 0.25) is 0 Å². The third-order valence-electron chi connectivity index (χ3n) is 2.67. The molecule has 0 saturated heterocycles. The fraction of sp³-hybridized carbons (Fsp3) is 0. The SMILES string of the molecule is Oc1ccc(Cl)cc1-c1n[nH]c(-c2ncccc2Br)n1. The lowest BCUT2D eigenvalue weighted by Gasteiger charge is -2.00. The van der Waals surface area contributed by atoms with Crippen molar-refractivity contribution in [1.82, 2.24) is 20.2 Å². The van der Waals surface area contributed by atoms with Crippen LogP contribution in [-0.4, -0.2) is 25.3 Å². The molecule has 0 saturated carbocycles. The lowest BCUT2D eigenvalue weighted by atomic mass is 10.2. The Balaban J connectivity index is 2.07. The van der Waals surface area contributed by atoms with E-state index < -0.39 is 0 Å². The van der Waals surface area contributed by atoms with Gasteiger partial charge in [0, 0.05) is 15.7 Å². The van der Waals surface area contributed by atoms with Gasteiger partial charge in [0.15, 0.2) is 11.6 Å². The van der Waals surface area contributed by atoms with Crippen LogP contribution in [0.2, 0.25) is 5.02 Å². The number of phenols is 1. The minimum Gasteiger partial charge on any atom is -0.507 e. The van der Waals surface area contributed by atoms with Crippen LogP contribution in [0.3, 0.4) is 0 Å². The Morgan fingerprint density at radius 3 is 2.90 bits per heavy atom. The zero-order valence-corrected chi connectivity index (χ0v) is 12.4. The van der Waals surface area contributed by atoms with Gasteiger partial charge in [-0.1, -0.05) is 11.6 Å². The summed E-state index contributed by atoms with van der Waals surface area (Å²) in [6.45, 7) is 0. The summed E-state index contributed by atoms with van der Waals surface area (Å²) in [5.74, 6) is 0.935. The number of pyridine rings is 1. The largest absolute Gasteiger partial charge is 0.507 e. The molecule has 2 heterocycles. The summed E-state index contributed by atoms with van der Waals surface area (Å²) in [4.78, 5) is 8.56. The van der Waals surface area contributed by atoms with Crippen molar-refractivity contribution in [2.45, 2.75) is 0 Å². The number of nitrogens with one attached hydrogen (secondary N) is 1. The average Bonchev–Trinajstić information content (AvgIpc) is 2.91. The van der Waals surface area contributed by atoms with Crippen LogP contribution in [0, 0.1) is 0 Å². The molecule has 7 heteroatoms. The van der Waals surface area contributed by atoms with Crippen molar-refractivity contribution in [3.8, 4) is 28.7 Å². The Labute approximate surface area is 127 Å². The fourth-order valence-corrected chi connectivity index (χ4v) is 2.35. The minimum absolute atomic E-state index is 0.0695. The van der Waals surface area contributed by atoms with Gasteiger partial charge in [-0.25, -0.2) is 4.98 Å². The first-order chi connectivity index (χ1) is 9.65. The molecule has 5 nitrogen and oxygen atoms in total. The minimum atomic E-state index is 0.0695. The van der Waals surface area contributed by atoms with Crippen LogP contribution in [0.5, 0.6) is 5.75 Å². The van der Waals surface area contributed by atoms with Crippen molar-refractivity contribution in [3.05, 3.63) is 46.0 Å². The van der Waals surface area contributed by atoms with Crippen LogP contribution in [0.15, 0.2) is 41.0 Å². The van der Waals surface area contributed by atoms with Gasteiger partial charge >= 0.3 is 0 Å². The van der Waals surface area contributed by atoms with E-state index in [9.17, 15) is 5.11 Å². The second kappa shape index (κ2) is 5.22. The highest BCUT2D eigenvalue weighted by atomic mass is 79.9. The molecule has 20 heavy (non-hydrogen) atoms. The highest BCUT2D eigenvalue weighted by Gasteiger charge is 2.14. The van der Waals surface area contributed by atoms with E-state index in [2.05, 4.69) is 36.1 Å². The molecule has 1 aromatic carbocycles. The van der Waals surface area contributed by atoms with E-state index in [1.807, 2.05) is 12.1 Å². The average molecular weight is 352 g/mol. The number of benzene rings is 1. The summed E-state index contributed by atoms with van der Waals surface area (Å²) in [6.07, 6.45) is 1.67. The fourth-order valence-electron chi connectivity index (χ4n) is 1.74. The molecule has 0 aliphatic rings. The third kappa shape index (κ3) is 2.39. The molecule has 2 N–H and O–H groups in total. The van der Waals surface area contributed by atoms with E-state index in [-0.39, 0.29) is 5.75 Å². The van der Waals surface area contributed by atoms with Gasteiger partial charge in [-0.3, -0.25) is 10.1 Å². The maximum absolute atomic E-state index is 9.85. The molecule has 0 fully saturated rings. The predicted octanol–water partition coefficient (Wildman–Crippen LogP) is 3.66. The monoisotopic (exact) mass is 350 g/mol. The van der Waals surface area contributed by atoms with Crippen LogP contribution in [0.25, 0.3) is 22.9 Å². The lowest BCUT2D eigenvalue weighted by molar-refractivity contribution is 0.477. The summed E-state index contributed by atoms with van der Waals surface area (Å²) in [7, 11) is 0. The molecule has 3 rings (SSSR count). The number of aromatic amines is 1. The molecule has 0 bridgehead atoms. The van der Waals surface area contributed by atoms with E-state index in [0.29, 0.717) is 27.9 Å². The van der Waals surface area contributed by atoms with Gasteiger partial charge in [0.05, 0.1) is 5.56 Å². The Hall–Kier alpha value is -1.92.